The molecule has 2 heterocycles. The average molecular weight is 475 g/mol. The molecule has 0 aliphatic heterocycles. The van der Waals surface area contributed by atoms with Crippen LogP contribution in [-0.2, 0) is 18.4 Å². The van der Waals surface area contributed by atoms with Crippen LogP contribution in [0.4, 0.5) is 4.39 Å². The summed E-state index contributed by atoms with van der Waals surface area (Å²) in [5.74, 6) is -0.317. The number of halogens is 4. The van der Waals surface area contributed by atoms with Crippen LogP contribution in [0.2, 0.25) is 5.02 Å². The van der Waals surface area contributed by atoms with E-state index in [2.05, 4.69) is 31.4 Å². The standard InChI is InChI=1S/C18H17ClFN7O.2ClH/c1-27-25-16(24-26-27)15-11(3-2-4-13(15)20)10-7-12(19)14(22-8-10)9-23-17(28)18(21)5-6-18;;/h2-4,7-8H,5-6,9,21H2,1H3,(H,23,28);2*1H. The fraction of sp³-hybridized carbons (Fsp3) is 0.278. The van der Waals surface area contributed by atoms with Crippen molar-refractivity contribution in [2.24, 2.45) is 7.05 Å². The number of rotatable bonds is 5. The number of aromatic amines is 1. The lowest BCUT2D eigenvalue weighted by Crippen LogP contribution is -3.00. The third kappa shape index (κ3) is 4.70. The van der Waals surface area contributed by atoms with Crippen LogP contribution in [0.15, 0.2) is 30.5 Å². The Morgan fingerprint density at radius 3 is 2.73 bits per heavy atom. The molecule has 160 valence electrons. The maximum Gasteiger partial charge on any atom is 0.342 e. The van der Waals surface area contributed by atoms with Crippen molar-refractivity contribution in [1.82, 2.24) is 25.7 Å². The summed E-state index contributed by atoms with van der Waals surface area (Å²) in [6.45, 7) is 0.210. The van der Waals surface area contributed by atoms with E-state index in [0.717, 1.165) is 12.8 Å². The topological polar surface area (TPSA) is 115 Å². The number of aryl methyl sites for hydroxylation is 1. The van der Waals surface area contributed by atoms with Crippen molar-refractivity contribution in [1.29, 1.82) is 0 Å². The highest BCUT2D eigenvalue weighted by Crippen LogP contribution is 2.33. The number of tetrazole rings is 1. The van der Waals surface area contributed by atoms with Crippen LogP contribution < -0.4 is 40.7 Å². The van der Waals surface area contributed by atoms with Gasteiger partial charge in [0.1, 0.15) is 12.9 Å². The Morgan fingerprint density at radius 1 is 1.40 bits per heavy atom. The summed E-state index contributed by atoms with van der Waals surface area (Å²) in [6.07, 6.45) is 3.18. The number of quaternary nitrogens is 1. The summed E-state index contributed by atoms with van der Waals surface area (Å²) in [5.41, 5.74) is 5.38. The van der Waals surface area contributed by atoms with E-state index < -0.39 is 11.4 Å². The van der Waals surface area contributed by atoms with Gasteiger partial charge in [0, 0.05) is 24.6 Å². The molecule has 0 saturated heterocycles. The van der Waals surface area contributed by atoms with Crippen LogP contribution in [0, 0.1) is 5.82 Å². The van der Waals surface area contributed by atoms with Crippen molar-refractivity contribution in [2.45, 2.75) is 24.9 Å². The molecule has 30 heavy (non-hydrogen) atoms. The van der Waals surface area contributed by atoms with E-state index in [4.69, 9.17) is 11.6 Å². The molecule has 1 saturated carbocycles. The quantitative estimate of drug-likeness (QED) is 0.320. The Bertz CT molecular complexity index is 1070. The van der Waals surface area contributed by atoms with Crippen molar-refractivity contribution >= 4 is 17.5 Å². The Labute approximate surface area is 189 Å². The predicted molar refractivity (Wildman–Crippen MR) is 97.9 cm³/mol. The average Bonchev–Trinajstić information content (AvgIpc) is 3.28. The number of carbonyl (C=O) groups is 1. The molecule has 1 aliphatic carbocycles. The maximum absolute atomic E-state index is 14.5. The summed E-state index contributed by atoms with van der Waals surface area (Å²) in [7, 11) is 1.66. The number of benzene rings is 1. The SMILES string of the molecule is C[n+]1nc(-c2c(F)cccc2-c2cnc(CNC(=O)C3([NH3+])CC3)c(Cl)c2)n[nH]1.[Cl-].[Cl-]. The molecule has 1 aromatic carbocycles. The molecule has 12 heteroatoms. The molecule has 8 nitrogen and oxygen atoms in total. The smallest absolute Gasteiger partial charge is 0.342 e. The normalized spacial score (nSPS) is 13.7. The molecule has 0 unspecified atom stereocenters. The van der Waals surface area contributed by atoms with Gasteiger partial charge in [-0.25, -0.2) is 4.39 Å². The molecule has 2 aromatic heterocycles. The lowest BCUT2D eigenvalue weighted by molar-refractivity contribution is -0.783. The zero-order chi connectivity index (χ0) is 19.9. The van der Waals surface area contributed by atoms with Gasteiger partial charge in [0.2, 0.25) is 0 Å². The minimum Gasteiger partial charge on any atom is -1.00 e. The van der Waals surface area contributed by atoms with E-state index >= 15 is 0 Å². The van der Waals surface area contributed by atoms with E-state index in [-0.39, 0.29) is 48.7 Å². The molecule has 5 N–H and O–H groups in total. The van der Waals surface area contributed by atoms with Gasteiger partial charge in [-0.05, 0) is 28.0 Å². The third-order valence-corrected chi connectivity index (χ3v) is 5.09. The molecule has 3 aromatic rings. The second-order valence-corrected chi connectivity index (χ2v) is 7.34. The van der Waals surface area contributed by atoms with Crippen LogP contribution in [0.25, 0.3) is 22.5 Å². The van der Waals surface area contributed by atoms with Crippen LogP contribution >= 0.6 is 11.6 Å². The van der Waals surface area contributed by atoms with Crippen molar-refractivity contribution in [2.75, 3.05) is 0 Å². The highest BCUT2D eigenvalue weighted by atomic mass is 35.5. The number of nitrogens with zero attached hydrogens (tertiary/aromatic N) is 4. The lowest BCUT2D eigenvalue weighted by Gasteiger charge is -2.11. The molecule has 0 atom stereocenters. The molecule has 4 rings (SSSR count). The van der Waals surface area contributed by atoms with E-state index in [1.54, 1.807) is 31.4 Å². The first-order valence-electron chi connectivity index (χ1n) is 8.73. The largest absolute Gasteiger partial charge is 1.00 e. The monoisotopic (exact) mass is 473 g/mol. The van der Waals surface area contributed by atoms with Crippen molar-refractivity contribution in [3.8, 4) is 22.5 Å². The highest BCUT2D eigenvalue weighted by molar-refractivity contribution is 6.31. The number of carbonyl (C=O) groups excluding carboxylic acids is 1. The van der Waals surface area contributed by atoms with E-state index in [9.17, 15) is 9.18 Å². The number of hydrogen-bond acceptors (Lipinski definition) is 4. The second kappa shape index (κ2) is 9.22. The molecule has 0 bridgehead atoms. The maximum atomic E-state index is 14.5. The first-order valence-corrected chi connectivity index (χ1v) is 9.11. The Hall–Kier alpha value is -2.33. The summed E-state index contributed by atoms with van der Waals surface area (Å²) in [4.78, 5) is 17.8. The number of aromatic nitrogens is 5. The van der Waals surface area contributed by atoms with Crippen LogP contribution in [0.5, 0.6) is 0 Å². The third-order valence-electron chi connectivity index (χ3n) is 4.76. The van der Waals surface area contributed by atoms with E-state index in [1.807, 2.05) is 0 Å². The van der Waals surface area contributed by atoms with Gasteiger partial charge in [-0.2, -0.15) is 0 Å². The summed E-state index contributed by atoms with van der Waals surface area (Å²) in [6, 6.07) is 6.40. The van der Waals surface area contributed by atoms with Gasteiger partial charge < -0.3 is 35.9 Å². The molecule has 1 fully saturated rings. The highest BCUT2D eigenvalue weighted by Gasteiger charge is 2.50. The summed E-state index contributed by atoms with van der Waals surface area (Å²) < 4.78 is 14.5. The van der Waals surface area contributed by atoms with Crippen molar-refractivity contribution < 1.29 is 44.5 Å². The zero-order valence-electron chi connectivity index (χ0n) is 15.9. The number of amides is 1. The van der Waals surface area contributed by atoms with Gasteiger partial charge in [0.25, 0.3) is 5.91 Å². The molecule has 0 radical (unpaired) electrons. The molecule has 0 spiro atoms. The van der Waals surface area contributed by atoms with Gasteiger partial charge in [-0.15, -0.1) is 0 Å². The lowest BCUT2D eigenvalue weighted by atomic mass is 10.00. The number of pyridine rings is 1. The first-order chi connectivity index (χ1) is 13.4. The van der Waals surface area contributed by atoms with Gasteiger partial charge in [-0.3, -0.25) is 9.78 Å². The minimum atomic E-state index is -0.504. The molecular weight excluding hydrogens is 456 g/mol. The van der Waals surface area contributed by atoms with Gasteiger partial charge in [0.05, 0.1) is 27.9 Å². The fourth-order valence-electron chi connectivity index (χ4n) is 2.88. The van der Waals surface area contributed by atoms with Crippen LogP contribution in [0.1, 0.15) is 18.5 Å². The number of nitrogens with one attached hydrogen (secondary N) is 2. The predicted octanol–water partition coefficient (Wildman–Crippen LogP) is -5.45. The number of hydrogen-bond donors (Lipinski definition) is 3. The van der Waals surface area contributed by atoms with Crippen molar-refractivity contribution in [3.05, 3.63) is 47.0 Å². The minimum absolute atomic E-state index is 0. The van der Waals surface area contributed by atoms with Gasteiger partial charge in [-0.1, -0.05) is 28.5 Å². The van der Waals surface area contributed by atoms with Crippen molar-refractivity contribution in [3.63, 3.8) is 0 Å². The van der Waals surface area contributed by atoms with E-state index in [0.29, 0.717) is 21.8 Å². The van der Waals surface area contributed by atoms with Gasteiger partial charge in [0.15, 0.2) is 5.54 Å². The van der Waals surface area contributed by atoms with Crippen LogP contribution in [0.3, 0.4) is 0 Å². The zero-order valence-corrected chi connectivity index (χ0v) is 18.2. The fourth-order valence-corrected chi connectivity index (χ4v) is 3.11. The second-order valence-electron chi connectivity index (χ2n) is 6.94. The number of H-pyrrole nitrogens is 1. The molecule has 1 amide bonds. The Balaban J connectivity index is 0.00000160. The summed E-state index contributed by atoms with van der Waals surface area (Å²) in [5, 5.41) is 14.0. The Morgan fingerprint density at radius 2 is 2.13 bits per heavy atom. The summed E-state index contributed by atoms with van der Waals surface area (Å²) >= 11 is 6.37. The molecule has 1 aliphatic rings. The van der Waals surface area contributed by atoms with Crippen LogP contribution in [-0.4, -0.2) is 31.8 Å². The van der Waals surface area contributed by atoms with Gasteiger partial charge >= 0.3 is 5.82 Å². The van der Waals surface area contributed by atoms with E-state index in [1.165, 1.54) is 10.9 Å². The first kappa shape index (κ1) is 23.9. The molecular formula is C18H19Cl3FN7O. The Kier molecular flexibility index (Phi) is 7.36.